The highest BCUT2D eigenvalue weighted by atomic mass is 16.4. The normalized spacial score (nSPS) is 21.1. The summed E-state index contributed by atoms with van der Waals surface area (Å²) < 4.78 is 2.16. The predicted molar refractivity (Wildman–Crippen MR) is 68.2 cm³/mol. The van der Waals surface area contributed by atoms with Crippen LogP contribution in [0.15, 0.2) is 12.5 Å². The van der Waals surface area contributed by atoms with Gasteiger partial charge >= 0.3 is 5.97 Å². The molecule has 5 heteroatoms. The topological polar surface area (TPSA) is 58.4 Å². The Morgan fingerprint density at radius 1 is 1.61 bits per heavy atom. The van der Waals surface area contributed by atoms with E-state index in [1.807, 2.05) is 12.5 Å². The zero-order valence-corrected chi connectivity index (χ0v) is 10.9. The number of aromatic nitrogens is 2. The van der Waals surface area contributed by atoms with Crippen LogP contribution < -0.4 is 0 Å². The first kappa shape index (κ1) is 13.1. The van der Waals surface area contributed by atoms with Crippen LogP contribution >= 0.6 is 0 Å². The van der Waals surface area contributed by atoms with Crippen molar-refractivity contribution in [3.63, 3.8) is 0 Å². The highest BCUT2D eigenvalue weighted by molar-refractivity contribution is 5.70. The minimum atomic E-state index is -0.665. The number of hydrogen-bond donors (Lipinski definition) is 1. The van der Waals surface area contributed by atoms with Crippen molar-refractivity contribution in [1.29, 1.82) is 0 Å². The fourth-order valence-electron chi connectivity index (χ4n) is 2.55. The molecule has 0 bridgehead atoms. The standard InChI is InChI=1S/C13H21N3O2/c1-2-5-16-10-14-7-12(16)9-15-6-3-4-11(8-15)13(17)18/h7,10-11H,2-6,8-9H2,1H3,(H,17,18). The molecule has 1 aromatic heterocycles. The maximum Gasteiger partial charge on any atom is 0.307 e. The van der Waals surface area contributed by atoms with Crippen LogP contribution in [0.4, 0.5) is 0 Å². The van der Waals surface area contributed by atoms with Gasteiger partial charge in [-0.05, 0) is 25.8 Å². The van der Waals surface area contributed by atoms with E-state index in [1.165, 1.54) is 5.69 Å². The van der Waals surface area contributed by atoms with Crippen LogP contribution in [0.1, 0.15) is 31.9 Å². The number of aliphatic carboxylic acids is 1. The van der Waals surface area contributed by atoms with Crippen LogP contribution in [-0.2, 0) is 17.9 Å². The Hall–Kier alpha value is -1.36. The Labute approximate surface area is 107 Å². The quantitative estimate of drug-likeness (QED) is 0.863. The van der Waals surface area contributed by atoms with Gasteiger partial charge < -0.3 is 9.67 Å². The number of carboxylic acid groups (broad SMARTS) is 1. The maximum absolute atomic E-state index is 11.0. The molecule has 1 aromatic rings. The zero-order valence-electron chi connectivity index (χ0n) is 10.9. The highest BCUT2D eigenvalue weighted by Crippen LogP contribution is 2.18. The first-order valence-corrected chi connectivity index (χ1v) is 6.65. The zero-order chi connectivity index (χ0) is 13.0. The van der Waals surface area contributed by atoms with Crippen LogP contribution in [-0.4, -0.2) is 38.6 Å². The van der Waals surface area contributed by atoms with Gasteiger partial charge in [-0.25, -0.2) is 4.98 Å². The van der Waals surface area contributed by atoms with Gasteiger partial charge in [-0.1, -0.05) is 6.92 Å². The van der Waals surface area contributed by atoms with Crippen molar-refractivity contribution in [2.75, 3.05) is 13.1 Å². The molecule has 0 aromatic carbocycles. The lowest BCUT2D eigenvalue weighted by atomic mass is 9.98. The van der Waals surface area contributed by atoms with Crippen molar-refractivity contribution in [2.24, 2.45) is 5.92 Å². The summed E-state index contributed by atoms with van der Waals surface area (Å²) in [6.07, 6.45) is 6.61. The van der Waals surface area contributed by atoms with E-state index in [0.29, 0.717) is 6.54 Å². The molecular formula is C13H21N3O2. The number of aryl methyl sites for hydroxylation is 1. The van der Waals surface area contributed by atoms with Crippen LogP contribution in [0, 0.1) is 5.92 Å². The van der Waals surface area contributed by atoms with Crippen LogP contribution in [0.5, 0.6) is 0 Å². The van der Waals surface area contributed by atoms with Crippen molar-refractivity contribution in [3.8, 4) is 0 Å². The summed E-state index contributed by atoms with van der Waals surface area (Å²) in [5, 5.41) is 9.08. The molecule has 18 heavy (non-hydrogen) atoms. The summed E-state index contributed by atoms with van der Waals surface area (Å²) in [6, 6.07) is 0. The van der Waals surface area contributed by atoms with Crippen molar-refractivity contribution < 1.29 is 9.90 Å². The molecule has 1 N–H and O–H groups in total. The van der Waals surface area contributed by atoms with E-state index in [9.17, 15) is 4.79 Å². The molecule has 1 fully saturated rings. The fraction of sp³-hybridized carbons (Fsp3) is 0.692. The third-order valence-corrected chi connectivity index (χ3v) is 3.50. The first-order chi connectivity index (χ1) is 8.70. The van der Waals surface area contributed by atoms with Crippen LogP contribution in [0.3, 0.4) is 0 Å². The van der Waals surface area contributed by atoms with E-state index in [0.717, 1.165) is 38.9 Å². The summed E-state index contributed by atoms with van der Waals surface area (Å²) in [7, 11) is 0. The van der Waals surface area contributed by atoms with Gasteiger partial charge in [0.25, 0.3) is 0 Å². The predicted octanol–water partition coefficient (Wildman–Crippen LogP) is 1.59. The summed E-state index contributed by atoms with van der Waals surface area (Å²) >= 11 is 0. The van der Waals surface area contributed by atoms with Gasteiger partial charge in [0, 0.05) is 25.8 Å². The summed E-state index contributed by atoms with van der Waals surface area (Å²) in [5.74, 6) is -0.872. The third-order valence-electron chi connectivity index (χ3n) is 3.50. The number of carboxylic acids is 1. The lowest BCUT2D eigenvalue weighted by molar-refractivity contribution is -0.143. The first-order valence-electron chi connectivity index (χ1n) is 6.65. The molecule has 5 nitrogen and oxygen atoms in total. The monoisotopic (exact) mass is 251 g/mol. The average Bonchev–Trinajstić information content (AvgIpc) is 2.77. The van der Waals surface area contributed by atoms with Crippen molar-refractivity contribution >= 4 is 5.97 Å². The molecule has 2 heterocycles. The number of piperidine rings is 1. The molecule has 0 spiro atoms. The van der Waals surface area contributed by atoms with Gasteiger partial charge in [0.15, 0.2) is 0 Å². The molecule has 1 unspecified atom stereocenters. The molecular weight excluding hydrogens is 230 g/mol. The second-order valence-corrected chi connectivity index (χ2v) is 4.99. The molecule has 1 saturated heterocycles. The van der Waals surface area contributed by atoms with E-state index < -0.39 is 5.97 Å². The lowest BCUT2D eigenvalue weighted by Crippen LogP contribution is -2.38. The molecule has 0 saturated carbocycles. The number of likely N-dealkylation sites (tertiary alicyclic amines) is 1. The summed E-state index contributed by atoms with van der Waals surface area (Å²) in [4.78, 5) is 17.4. The minimum Gasteiger partial charge on any atom is -0.481 e. The van der Waals surface area contributed by atoms with Gasteiger partial charge in [-0.2, -0.15) is 0 Å². The van der Waals surface area contributed by atoms with Gasteiger partial charge in [0.05, 0.1) is 17.9 Å². The van der Waals surface area contributed by atoms with Gasteiger partial charge in [-0.15, -0.1) is 0 Å². The van der Waals surface area contributed by atoms with E-state index in [-0.39, 0.29) is 5.92 Å². The molecule has 0 amide bonds. The van der Waals surface area contributed by atoms with Crippen molar-refractivity contribution in [2.45, 2.75) is 39.3 Å². The third kappa shape index (κ3) is 3.10. The largest absolute Gasteiger partial charge is 0.481 e. The van der Waals surface area contributed by atoms with E-state index in [2.05, 4.69) is 21.4 Å². The summed E-state index contributed by atoms with van der Waals surface area (Å²) in [5.41, 5.74) is 1.18. The Morgan fingerprint density at radius 2 is 2.44 bits per heavy atom. The number of hydrogen-bond acceptors (Lipinski definition) is 3. The SMILES string of the molecule is CCCn1cncc1CN1CCCC(C(=O)O)C1. The van der Waals surface area contributed by atoms with Crippen LogP contribution in [0.25, 0.3) is 0 Å². The highest BCUT2D eigenvalue weighted by Gasteiger charge is 2.25. The van der Waals surface area contributed by atoms with E-state index in [4.69, 9.17) is 5.11 Å². The average molecular weight is 251 g/mol. The maximum atomic E-state index is 11.0. The Balaban J connectivity index is 1.96. The van der Waals surface area contributed by atoms with Gasteiger partial charge in [0.2, 0.25) is 0 Å². The molecule has 0 radical (unpaired) electrons. The molecule has 0 aliphatic carbocycles. The smallest absolute Gasteiger partial charge is 0.307 e. The summed E-state index contributed by atoms with van der Waals surface area (Å²) in [6.45, 7) is 5.58. The van der Waals surface area contributed by atoms with Crippen molar-refractivity contribution in [1.82, 2.24) is 14.5 Å². The second kappa shape index (κ2) is 6.00. The molecule has 1 aliphatic rings. The number of rotatable bonds is 5. The second-order valence-electron chi connectivity index (χ2n) is 4.99. The van der Waals surface area contributed by atoms with Crippen LogP contribution in [0.2, 0.25) is 0 Å². The fourth-order valence-corrected chi connectivity index (χ4v) is 2.55. The number of carbonyl (C=O) groups is 1. The number of nitrogens with zero attached hydrogens (tertiary/aromatic N) is 3. The number of imidazole rings is 1. The molecule has 100 valence electrons. The van der Waals surface area contributed by atoms with Gasteiger partial charge in [-0.3, -0.25) is 9.69 Å². The lowest BCUT2D eigenvalue weighted by Gasteiger charge is -2.30. The minimum absolute atomic E-state index is 0.207. The Morgan fingerprint density at radius 3 is 3.17 bits per heavy atom. The molecule has 1 aliphatic heterocycles. The van der Waals surface area contributed by atoms with Gasteiger partial charge in [0.1, 0.15) is 0 Å². The van der Waals surface area contributed by atoms with E-state index in [1.54, 1.807) is 0 Å². The Bertz CT molecular complexity index is 403. The van der Waals surface area contributed by atoms with Crippen molar-refractivity contribution in [3.05, 3.63) is 18.2 Å². The molecule has 1 atom stereocenters. The molecule has 2 rings (SSSR count). The van der Waals surface area contributed by atoms with E-state index >= 15 is 0 Å². The Kier molecular flexibility index (Phi) is 4.36.